The predicted octanol–water partition coefficient (Wildman–Crippen LogP) is 1.25. The summed E-state index contributed by atoms with van der Waals surface area (Å²) in [5.74, 6) is -0.788. The van der Waals surface area contributed by atoms with Crippen molar-refractivity contribution in [3.63, 3.8) is 0 Å². The zero-order valence-corrected chi connectivity index (χ0v) is 10.1. The van der Waals surface area contributed by atoms with Crippen LogP contribution in [-0.2, 0) is 9.53 Å². The fourth-order valence-corrected chi connectivity index (χ4v) is 1.81. The van der Waals surface area contributed by atoms with Gasteiger partial charge in [-0.25, -0.2) is 0 Å². The first-order valence-electron chi connectivity index (χ1n) is 5.30. The van der Waals surface area contributed by atoms with Crippen LogP contribution in [0.4, 0.5) is 5.69 Å². The van der Waals surface area contributed by atoms with Gasteiger partial charge in [0.2, 0.25) is 5.78 Å². The number of Topliss-reactive ketones (excluding diaryl/α,β-unsaturated/α-hetero) is 1. The van der Waals surface area contributed by atoms with Crippen molar-refractivity contribution in [3.05, 3.63) is 29.8 Å². The van der Waals surface area contributed by atoms with E-state index in [0.717, 1.165) is 0 Å². The quantitative estimate of drug-likeness (QED) is 0.383. The number of hydrogen-bond acceptors (Lipinski definition) is 6. The van der Waals surface area contributed by atoms with Crippen LogP contribution < -0.4 is 5.73 Å². The van der Waals surface area contributed by atoms with Crippen molar-refractivity contribution < 1.29 is 14.3 Å². The highest BCUT2D eigenvalue weighted by Crippen LogP contribution is 2.20. The van der Waals surface area contributed by atoms with E-state index >= 15 is 0 Å². The van der Waals surface area contributed by atoms with Gasteiger partial charge in [0.15, 0.2) is 6.10 Å². The van der Waals surface area contributed by atoms with Crippen LogP contribution in [0.1, 0.15) is 16.8 Å². The number of esters is 1. The first kappa shape index (κ1) is 12.6. The summed E-state index contributed by atoms with van der Waals surface area (Å²) in [5, 5.41) is 2.24. The summed E-state index contributed by atoms with van der Waals surface area (Å²) in [7, 11) is 0. The molecule has 1 fully saturated rings. The lowest BCUT2D eigenvalue weighted by atomic mass is 10.0. The summed E-state index contributed by atoms with van der Waals surface area (Å²) in [6.45, 7) is 0. The molecule has 1 aliphatic heterocycles. The van der Waals surface area contributed by atoms with E-state index in [1.165, 1.54) is 0 Å². The predicted molar refractivity (Wildman–Crippen MR) is 67.9 cm³/mol. The summed E-state index contributed by atoms with van der Waals surface area (Å²) < 4.78 is 4.90. The standard InChI is InChI=1S/C12H10N2O3S/c13-9-5-10(17-12(9)16)11(15)7-1-3-8(4-2-7)14-6-18/h1-4,9-10H,5,13H2/t9-,10-/m0/s1. The molecule has 2 N–H and O–H groups in total. The van der Waals surface area contributed by atoms with Gasteiger partial charge in [-0.3, -0.25) is 9.59 Å². The summed E-state index contributed by atoms with van der Waals surface area (Å²) in [6.07, 6.45) is -0.565. The molecule has 0 amide bonds. The van der Waals surface area contributed by atoms with Gasteiger partial charge in [-0.2, -0.15) is 4.99 Å². The van der Waals surface area contributed by atoms with Gasteiger partial charge >= 0.3 is 5.97 Å². The highest BCUT2D eigenvalue weighted by atomic mass is 32.1. The molecule has 0 aliphatic carbocycles. The summed E-state index contributed by atoms with van der Waals surface area (Å²) in [5.41, 5.74) is 6.55. The van der Waals surface area contributed by atoms with Crippen molar-refractivity contribution in [1.29, 1.82) is 0 Å². The Bertz CT molecular complexity index is 535. The van der Waals surface area contributed by atoms with E-state index in [4.69, 9.17) is 10.5 Å². The summed E-state index contributed by atoms with van der Waals surface area (Å²) >= 11 is 4.48. The topological polar surface area (TPSA) is 81.8 Å². The number of nitrogens with two attached hydrogens (primary N) is 1. The molecule has 5 nitrogen and oxygen atoms in total. The molecule has 1 heterocycles. The summed E-state index contributed by atoms with van der Waals surface area (Å²) in [6, 6.07) is 5.78. The van der Waals surface area contributed by atoms with Gasteiger partial charge in [0.1, 0.15) is 6.04 Å². The van der Waals surface area contributed by atoms with E-state index in [1.807, 2.05) is 0 Å². The smallest absolute Gasteiger partial charge is 0.323 e. The van der Waals surface area contributed by atoms with Crippen molar-refractivity contribution in [2.75, 3.05) is 0 Å². The van der Waals surface area contributed by atoms with Crippen molar-refractivity contribution in [1.82, 2.24) is 0 Å². The maximum Gasteiger partial charge on any atom is 0.323 e. The van der Waals surface area contributed by atoms with Gasteiger partial charge < -0.3 is 10.5 Å². The first-order valence-corrected chi connectivity index (χ1v) is 5.71. The Morgan fingerprint density at radius 1 is 1.44 bits per heavy atom. The van der Waals surface area contributed by atoms with Crippen LogP contribution in [0.2, 0.25) is 0 Å². The maximum atomic E-state index is 12.0. The molecule has 18 heavy (non-hydrogen) atoms. The number of cyclic esters (lactones) is 1. The van der Waals surface area contributed by atoms with Crippen LogP contribution in [0.3, 0.4) is 0 Å². The van der Waals surface area contributed by atoms with E-state index < -0.39 is 18.1 Å². The second-order valence-electron chi connectivity index (χ2n) is 3.88. The minimum atomic E-state index is -0.785. The molecule has 0 spiro atoms. The molecule has 2 rings (SSSR count). The lowest BCUT2D eigenvalue weighted by molar-refractivity contribution is -0.141. The largest absolute Gasteiger partial charge is 0.453 e. The van der Waals surface area contributed by atoms with E-state index in [-0.39, 0.29) is 12.2 Å². The maximum absolute atomic E-state index is 12.0. The van der Waals surface area contributed by atoms with E-state index in [9.17, 15) is 9.59 Å². The fourth-order valence-electron chi connectivity index (χ4n) is 1.70. The second kappa shape index (κ2) is 5.18. The third-order valence-corrected chi connectivity index (χ3v) is 2.74. The molecule has 0 aromatic heterocycles. The number of isothiocyanates is 1. The number of carbonyl (C=O) groups excluding carboxylic acids is 2. The minimum Gasteiger partial charge on any atom is -0.453 e. The molecule has 0 bridgehead atoms. The van der Waals surface area contributed by atoms with E-state index in [0.29, 0.717) is 11.3 Å². The molecule has 1 saturated heterocycles. The fraction of sp³-hybridized carbons (Fsp3) is 0.250. The van der Waals surface area contributed by atoms with Crippen molar-refractivity contribution in [3.8, 4) is 0 Å². The molecule has 1 aromatic rings. The molecule has 0 unspecified atom stereocenters. The van der Waals surface area contributed by atoms with Gasteiger partial charge in [0, 0.05) is 12.0 Å². The van der Waals surface area contributed by atoms with Gasteiger partial charge in [-0.15, -0.1) is 0 Å². The van der Waals surface area contributed by atoms with Gasteiger partial charge in [-0.1, -0.05) is 0 Å². The lowest BCUT2D eigenvalue weighted by Gasteiger charge is -2.07. The first-order chi connectivity index (χ1) is 8.61. The number of rotatable bonds is 3. The van der Waals surface area contributed by atoms with Crippen molar-refractivity contribution >= 4 is 34.8 Å². The number of ether oxygens (including phenoxy) is 1. The number of benzene rings is 1. The Hall–Kier alpha value is -1.88. The van der Waals surface area contributed by atoms with Crippen LogP contribution in [0.5, 0.6) is 0 Å². The average Bonchev–Trinajstić information content (AvgIpc) is 2.70. The van der Waals surface area contributed by atoms with Gasteiger partial charge in [0.25, 0.3) is 0 Å². The number of ketones is 1. The second-order valence-corrected chi connectivity index (χ2v) is 4.06. The number of thiocarbonyl (C=S) groups is 1. The number of aliphatic imine (C=N–C) groups is 1. The molecule has 0 radical (unpaired) electrons. The molecule has 2 atom stereocenters. The molecule has 1 aromatic carbocycles. The van der Waals surface area contributed by atoms with Crippen LogP contribution in [0.15, 0.2) is 29.3 Å². The summed E-state index contributed by atoms with van der Waals surface area (Å²) in [4.78, 5) is 26.9. The van der Waals surface area contributed by atoms with E-state index in [1.54, 1.807) is 24.3 Å². The van der Waals surface area contributed by atoms with Crippen LogP contribution >= 0.6 is 12.2 Å². The van der Waals surface area contributed by atoms with Gasteiger partial charge in [-0.05, 0) is 36.5 Å². The Balaban J connectivity index is 2.14. The molecule has 1 aliphatic rings. The van der Waals surface area contributed by atoms with Crippen molar-refractivity contribution in [2.24, 2.45) is 10.7 Å². The van der Waals surface area contributed by atoms with Gasteiger partial charge in [0.05, 0.1) is 10.8 Å². The van der Waals surface area contributed by atoms with Crippen molar-refractivity contribution in [2.45, 2.75) is 18.6 Å². The molecule has 92 valence electrons. The van der Waals surface area contributed by atoms with Crippen LogP contribution in [0.25, 0.3) is 0 Å². The lowest BCUT2D eigenvalue weighted by Crippen LogP contribution is -2.25. The molecular weight excluding hydrogens is 252 g/mol. The zero-order valence-electron chi connectivity index (χ0n) is 9.33. The Kier molecular flexibility index (Phi) is 3.62. The van der Waals surface area contributed by atoms with Crippen LogP contribution in [-0.4, -0.2) is 29.1 Å². The Labute approximate surface area is 109 Å². The number of hydrogen-bond donors (Lipinski definition) is 1. The Morgan fingerprint density at radius 3 is 2.61 bits per heavy atom. The average molecular weight is 262 g/mol. The normalized spacial score (nSPS) is 22.2. The SMILES string of the molecule is N[C@H]1C[C@@H](C(=O)c2ccc(N=C=S)cc2)OC1=O. The molecule has 6 heteroatoms. The molecular formula is C12H10N2O3S. The highest BCUT2D eigenvalue weighted by Gasteiger charge is 2.36. The molecule has 0 saturated carbocycles. The number of nitrogens with zero attached hydrogens (tertiary/aromatic N) is 1. The minimum absolute atomic E-state index is 0.220. The van der Waals surface area contributed by atoms with E-state index in [2.05, 4.69) is 22.4 Å². The third kappa shape index (κ3) is 2.51. The van der Waals surface area contributed by atoms with Crippen LogP contribution in [0, 0.1) is 0 Å². The number of carbonyl (C=O) groups is 2. The highest BCUT2D eigenvalue weighted by molar-refractivity contribution is 7.78. The zero-order chi connectivity index (χ0) is 13.1. The monoisotopic (exact) mass is 262 g/mol. The Morgan fingerprint density at radius 2 is 2.11 bits per heavy atom. The third-order valence-electron chi connectivity index (χ3n) is 2.65.